The van der Waals surface area contributed by atoms with E-state index < -0.39 is 5.41 Å². The van der Waals surface area contributed by atoms with Crippen LogP contribution < -0.4 is 21.8 Å². The van der Waals surface area contributed by atoms with Crippen molar-refractivity contribution in [3.8, 4) is 11.4 Å². The van der Waals surface area contributed by atoms with Crippen LogP contribution in [0.3, 0.4) is 0 Å². The van der Waals surface area contributed by atoms with E-state index in [-0.39, 0.29) is 11.7 Å². The van der Waals surface area contributed by atoms with Crippen LogP contribution >= 0.6 is 35.0 Å². The quantitative estimate of drug-likeness (QED) is 0.0782. The zero-order valence-electron chi connectivity index (χ0n) is 21.0. The van der Waals surface area contributed by atoms with Gasteiger partial charge < -0.3 is 16.0 Å². The van der Waals surface area contributed by atoms with Crippen LogP contribution in [0.2, 0.25) is 10.0 Å². The molecule has 0 atom stereocenters. The first kappa shape index (κ1) is 27.8. The van der Waals surface area contributed by atoms with Gasteiger partial charge in [-0.25, -0.2) is 15.2 Å². The number of benzene rings is 3. The first-order valence-corrected chi connectivity index (χ1v) is 13.3. The number of methoxy groups -OCH3 is 1. The summed E-state index contributed by atoms with van der Waals surface area (Å²) in [5, 5.41) is 5.38. The maximum atomic E-state index is 13.8. The van der Waals surface area contributed by atoms with E-state index in [4.69, 9.17) is 44.6 Å². The average Bonchev–Trinajstić information content (AvgIpc) is 3.35. The van der Waals surface area contributed by atoms with E-state index in [1.54, 1.807) is 25.3 Å². The molecule has 1 aromatic heterocycles. The smallest absolute Gasteiger partial charge is 0.173 e. The Hall–Kier alpha value is -3.24. The van der Waals surface area contributed by atoms with Gasteiger partial charge in [-0.05, 0) is 59.7 Å². The number of nitrogens with one attached hydrogen (secondary N) is 1. The SMILES string of the molecule is COc1ccc(C(C)(C)c2cnc(SCc3ccc(Cl)c(/C(=N/N)NN)c3)n2-c2ccc(F)cc2)cc1Cl. The fourth-order valence-electron chi connectivity index (χ4n) is 4.10. The summed E-state index contributed by atoms with van der Waals surface area (Å²) in [6, 6.07) is 17.6. The molecule has 198 valence electrons. The largest absolute Gasteiger partial charge is 0.495 e. The van der Waals surface area contributed by atoms with Crippen LogP contribution in [0.25, 0.3) is 5.69 Å². The van der Waals surface area contributed by atoms with Gasteiger partial charge in [0.05, 0.1) is 29.0 Å². The Kier molecular flexibility index (Phi) is 8.52. The number of amidine groups is 1. The summed E-state index contributed by atoms with van der Waals surface area (Å²) >= 11 is 14.3. The summed E-state index contributed by atoms with van der Waals surface area (Å²) in [7, 11) is 1.58. The summed E-state index contributed by atoms with van der Waals surface area (Å²) in [4.78, 5) is 4.76. The zero-order chi connectivity index (χ0) is 27.4. The summed E-state index contributed by atoms with van der Waals surface area (Å²) in [5.41, 5.74) is 6.20. The number of thioether (sulfide) groups is 1. The lowest BCUT2D eigenvalue weighted by Gasteiger charge is -2.28. The Morgan fingerprint density at radius 2 is 1.84 bits per heavy atom. The van der Waals surface area contributed by atoms with Gasteiger partial charge in [-0.15, -0.1) is 0 Å². The predicted molar refractivity (Wildman–Crippen MR) is 153 cm³/mol. The monoisotopic (exact) mass is 572 g/mol. The van der Waals surface area contributed by atoms with E-state index in [0.29, 0.717) is 27.1 Å². The molecule has 0 bridgehead atoms. The third-order valence-electron chi connectivity index (χ3n) is 6.25. The number of imidazole rings is 1. The fraction of sp³-hybridized carbons (Fsp3) is 0.185. The summed E-state index contributed by atoms with van der Waals surface area (Å²) in [6.45, 7) is 4.19. The molecule has 0 fully saturated rings. The number of hydrazine groups is 1. The molecule has 0 aliphatic heterocycles. The number of nitrogens with zero attached hydrogens (tertiary/aromatic N) is 3. The minimum absolute atomic E-state index is 0.275. The predicted octanol–water partition coefficient (Wildman–Crippen LogP) is 6.03. The molecule has 0 unspecified atom stereocenters. The molecule has 0 amide bonds. The first-order valence-electron chi connectivity index (χ1n) is 11.5. The number of halogens is 3. The molecule has 4 rings (SSSR count). The van der Waals surface area contributed by atoms with Crippen LogP contribution in [0, 0.1) is 5.82 Å². The molecule has 0 saturated heterocycles. The van der Waals surface area contributed by atoms with Gasteiger partial charge in [-0.2, -0.15) is 5.10 Å². The van der Waals surface area contributed by atoms with Crippen molar-refractivity contribution in [2.75, 3.05) is 7.11 Å². The number of ether oxygens (including phenoxy) is 1. The van der Waals surface area contributed by atoms with Gasteiger partial charge in [0.15, 0.2) is 11.0 Å². The molecule has 11 heteroatoms. The van der Waals surface area contributed by atoms with Gasteiger partial charge in [-0.3, -0.25) is 4.57 Å². The Labute approximate surface area is 235 Å². The van der Waals surface area contributed by atoms with Crippen molar-refractivity contribution in [2.45, 2.75) is 30.2 Å². The van der Waals surface area contributed by atoms with Crippen molar-refractivity contribution in [1.82, 2.24) is 15.0 Å². The molecule has 3 aromatic carbocycles. The van der Waals surface area contributed by atoms with Crippen molar-refractivity contribution in [1.29, 1.82) is 0 Å². The standard InChI is InChI=1S/C27H27Cl2FN6OS/c1-27(2,17-5-11-23(37-3)22(29)13-17)24-14-33-26(36(24)19-8-6-18(30)7-9-19)38-15-16-4-10-21(28)20(12-16)25(34-31)35-32/h4-14H,15,31-32H2,1-3H3,(H,34,35). The number of hydrogen-bond donors (Lipinski definition) is 3. The minimum atomic E-state index is -0.497. The maximum absolute atomic E-state index is 13.8. The highest BCUT2D eigenvalue weighted by Crippen LogP contribution is 2.39. The van der Waals surface area contributed by atoms with Crippen molar-refractivity contribution in [2.24, 2.45) is 16.8 Å². The Morgan fingerprint density at radius 3 is 2.47 bits per heavy atom. The molecule has 7 nitrogen and oxygen atoms in total. The third-order valence-corrected chi connectivity index (χ3v) is 7.90. The van der Waals surface area contributed by atoms with Crippen LogP contribution in [0.5, 0.6) is 5.75 Å². The molecule has 0 aliphatic carbocycles. The zero-order valence-corrected chi connectivity index (χ0v) is 23.3. The lowest BCUT2D eigenvalue weighted by Crippen LogP contribution is -2.32. The van der Waals surface area contributed by atoms with Gasteiger partial charge >= 0.3 is 0 Å². The van der Waals surface area contributed by atoms with Crippen LogP contribution in [0.15, 0.2) is 77.1 Å². The van der Waals surface area contributed by atoms with Crippen molar-refractivity contribution in [3.63, 3.8) is 0 Å². The molecule has 4 aromatic rings. The lowest BCUT2D eigenvalue weighted by molar-refractivity contribution is 0.414. The summed E-state index contributed by atoms with van der Waals surface area (Å²) < 4.78 is 21.2. The highest BCUT2D eigenvalue weighted by molar-refractivity contribution is 7.98. The Bertz CT molecular complexity index is 1470. The van der Waals surface area contributed by atoms with Gasteiger partial charge in [0.1, 0.15) is 11.6 Å². The molecule has 0 aliphatic rings. The van der Waals surface area contributed by atoms with E-state index >= 15 is 0 Å². The van der Waals surface area contributed by atoms with Crippen LogP contribution in [-0.4, -0.2) is 22.5 Å². The number of hydrazone groups is 1. The highest BCUT2D eigenvalue weighted by atomic mass is 35.5. The molecular weight excluding hydrogens is 546 g/mol. The van der Waals surface area contributed by atoms with Crippen molar-refractivity contribution < 1.29 is 9.13 Å². The average molecular weight is 574 g/mol. The third kappa shape index (κ3) is 5.61. The normalized spacial score (nSPS) is 12.0. The van der Waals surface area contributed by atoms with E-state index in [1.807, 2.05) is 41.1 Å². The molecular formula is C27H27Cl2FN6OS. The Balaban J connectivity index is 1.74. The van der Waals surface area contributed by atoms with Gasteiger partial charge in [0, 0.05) is 22.4 Å². The first-order chi connectivity index (χ1) is 18.2. The molecule has 0 spiro atoms. The van der Waals surface area contributed by atoms with E-state index in [1.165, 1.54) is 23.9 Å². The fourth-order valence-corrected chi connectivity index (χ4v) is 5.50. The molecule has 0 radical (unpaired) electrons. The van der Waals surface area contributed by atoms with Crippen LogP contribution in [0.4, 0.5) is 4.39 Å². The van der Waals surface area contributed by atoms with Crippen molar-refractivity contribution in [3.05, 3.63) is 105 Å². The van der Waals surface area contributed by atoms with Crippen LogP contribution in [-0.2, 0) is 11.2 Å². The highest BCUT2D eigenvalue weighted by Gasteiger charge is 2.30. The van der Waals surface area contributed by atoms with Gasteiger partial charge in [0.2, 0.25) is 0 Å². The van der Waals surface area contributed by atoms with Crippen molar-refractivity contribution >= 4 is 40.8 Å². The lowest BCUT2D eigenvalue weighted by atomic mass is 9.81. The van der Waals surface area contributed by atoms with Gasteiger partial charge in [0.25, 0.3) is 0 Å². The van der Waals surface area contributed by atoms with E-state index in [9.17, 15) is 4.39 Å². The second kappa shape index (κ2) is 11.7. The topological polar surface area (TPSA) is 103 Å². The molecule has 0 saturated carbocycles. The number of hydrogen-bond acceptors (Lipinski definition) is 6. The number of aromatic nitrogens is 2. The Morgan fingerprint density at radius 1 is 1.11 bits per heavy atom. The van der Waals surface area contributed by atoms with Gasteiger partial charge in [-0.1, -0.05) is 60.9 Å². The molecule has 38 heavy (non-hydrogen) atoms. The van der Waals surface area contributed by atoms with E-state index in [2.05, 4.69) is 24.4 Å². The maximum Gasteiger partial charge on any atom is 0.173 e. The molecule has 1 heterocycles. The van der Waals surface area contributed by atoms with Crippen LogP contribution in [0.1, 0.15) is 36.2 Å². The van der Waals surface area contributed by atoms with E-state index in [0.717, 1.165) is 27.7 Å². The molecule has 5 N–H and O–H groups in total. The minimum Gasteiger partial charge on any atom is -0.495 e. The second-order valence-electron chi connectivity index (χ2n) is 8.94. The summed E-state index contributed by atoms with van der Waals surface area (Å²) in [5.74, 6) is 12.1. The number of nitrogens with two attached hydrogens (primary N) is 2. The summed E-state index contributed by atoms with van der Waals surface area (Å²) in [6.07, 6.45) is 1.84. The second-order valence-corrected chi connectivity index (χ2v) is 10.7. The number of rotatable bonds is 8.